The van der Waals surface area contributed by atoms with Gasteiger partial charge in [-0.25, -0.2) is 0 Å². The van der Waals surface area contributed by atoms with Crippen LogP contribution in [0.1, 0.15) is 17.5 Å². The first-order valence-electron chi connectivity index (χ1n) is 5.98. The van der Waals surface area contributed by atoms with Gasteiger partial charge in [-0.3, -0.25) is 9.41 Å². The summed E-state index contributed by atoms with van der Waals surface area (Å²) in [5, 5.41) is 0. The van der Waals surface area contributed by atoms with Crippen LogP contribution in [-0.4, -0.2) is 30.6 Å². The standard InChI is InChI=1S/C10H8O2S.C4H5ClN2/c11-13(12)10-7-3-5-8-4-1-2-6-9(8)10;5-7-3-1-2-6-4-7/h1-6H,7H2;1-3H,4H2. The van der Waals surface area contributed by atoms with Gasteiger partial charge in [0.25, 0.3) is 0 Å². The van der Waals surface area contributed by atoms with E-state index in [0.29, 0.717) is 18.0 Å². The molecule has 0 saturated heterocycles. The first-order valence-corrected chi connectivity index (χ1v) is 7.40. The molecular weight excluding hydrogens is 296 g/mol. The van der Waals surface area contributed by atoms with Crippen LogP contribution in [0.2, 0.25) is 0 Å². The van der Waals surface area contributed by atoms with Crippen LogP contribution in [0.4, 0.5) is 0 Å². The van der Waals surface area contributed by atoms with Crippen LogP contribution < -0.4 is 0 Å². The Labute approximate surface area is 124 Å². The summed E-state index contributed by atoms with van der Waals surface area (Å²) in [6.07, 6.45) is 9.59. The molecule has 1 aromatic carbocycles. The summed E-state index contributed by atoms with van der Waals surface area (Å²) in [6.45, 7) is 0.568. The molecule has 0 aromatic heterocycles. The molecule has 6 heteroatoms. The van der Waals surface area contributed by atoms with Crippen molar-refractivity contribution in [2.24, 2.45) is 4.99 Å². The average molecular weight is 309 g/mol. The summed E-state index contributed by atoms with van der Waals surface area (Å²) >= 11 is 5.45. The molecule has 0 unspecified atom stereocenters. The SMILES string of the molecule is ClN1C=CC=NC1.O=S(=O)=C1CC=Cc2ccccc21. The molecule has 104 valence electrons. The Balaban J connectivity index is 0.000000178. The third-order valence-corrected chi connectivity index (χ3v) is 3.73. The van der Waals surface area contributed by atoms with Gasteiger partial charge in [-0.2, -0.15) is 8.42 Å². The maximum absolute atomic E-state index is 10.8. The van der Waals surface area contributed by atoms with Crippen LogP contribution in [0.25, 0.3) is 6.08 Å². The van der Waals surface area contributed by atoms with Gasteiger partial charge < -0.3 is 0 Å². The highest BCUT2D eigenvalue weighted by molar-refractivity contribution is 7.73. The fraction of sp³-hybridized carbons (Fsp3) is 0.143. The van der Waals surface area contributed by atoms with Gasteiger partial charge in [-0.05, 0) is 11.6 Å². The topological polar surface area (TPSA) is 49.7 Å². The maximum atomic E-state index is 10.8. The number of hydrogen-bond donors (Lipinski definition) is 0. The van der Waals surface area contributed by atoms with Crippen LogP contribution in [0, 0.1) is 0 Å². The third-order valence-electron chi connectivity index (χ3n) is 2.72. The molecule has 20 heavy (non-hydrogen) atoms. The second kappa shape index (κ2) is 7.07. The molecule has 1 aliphatic carbocycles. The van der Waals surface area contributed by atoms with E-state index in [1.54, 1.807) is 18.5 Å². The van der Waals surface area contributed by atoms with E-state index in [-0.39, 0.29) is 0 Å². The predicted octanol–water partition coefficient (Wildman–Crippen LogP) is 2.50. The van der Waals surface area contributed by atoms with Crippen molar-refractivity contribution < 1.29 is 8.42 Å². The van der Waals surface area contributed by atoms with E-state index in [4.69, 9.17) is 11.8 Å². The van der Waals surface area contributed by atoms with Gasteiger partial charge in [0.15, 0.2) is 0 Å². The van der Waals surface area contributed by atoms with Gasteiger partial charge in [0.1, 0.15) is 6.67 Å². The first-order chi connectivity index (χ1) is 9.68. The number of nitrogens with zero attached hydrogens (tertiary/aromatic N) is 2. The monoisotopic (exact) mass is 308 g/mol. The van der Waals surface area contributed by atoms with Crippen molar-refractivity contribution in [3.05, 3.63) is 53.7 Å². The highest BCUT2D eigenvalue weighted by atomic mass is 35.5. The maximum Gasteiger partial charge on any atom is 0.218 e. The predicted molar refractivity (Wildman–Crippen MR) is 83.3 cm³/mol. The van der Waals surface area contributed by atoms with E-state index in [1.807, 2.05) is 36.4 Å². The zero-order valence-electron chi connectivity index (χ0n) is 10.6. The molecule has 0 bridgehead atoms. The van der Waals surface area contributed by atoms with Crippen LogP contribution in [0.3, 0.4) is 0 Å². The van der Waals surface area contributed by atoms with Gasteiger partial charge in [0.05, 0.1) is 4.86 Å². The lowest BCUT2D eigenvalue weighted by molar-refractivity contribution is 0.619. The lowest BCUT2D eigenvalue weighted by Crippen LogP contribution is -2.06. The Morgan fingerprint density at radius 2 is 2.05 bits per heavy atom. The molecule has 2 aliphatic rings. The molecule has 1 heterocycles. The summed E-state index contributed by atoms with van der Waals surface area (Å²) in [7, 11) is -2.10. The number of hydrogen-bond acceptors (Lipinski definition) is 4. The minimum atomic E-state index is -2.10. The fourth-order valence-electron chi connectivity index (χ4n) is 1.82. The van der Waals surface area contributed by atoms with E-state index < -0.39 is 10.3 Å². The summed E-state index contributed by atoms with van der Waals surface area (Å²) in [5.41, 5.74) is 1.81. The number of halogens is 1. The van der Waals surface area contributed by atoms with Crippen molar-refractivity contribution in [1.82, 2.24) is 4.42 Å². The number of benzene rings is 1. The Kier molecular flexibility index (Phi) is 5.15. The largest absolute Gasteiger partial charge is 0.271 e. The number of rotatable bonds is 0. The van der Waals surface area contributed by atoms with Gasteiger partial charge in [-0.15, -0.1) is 0 Å². The Hall–Kier alpha value is -1.85. The molecule has 3 rings (SSSR count). The summed E-state index contributed by atoms with van der Waals surface area (Å²) < 4.78 is 23.2. The molecule has 0 fully saturated rings. The number of allylic oxidation sites excluding steroid dienone is 2. The minimum absolute atomic E-state index is 0.484. The van der Waals surface area contributed by atoms with E-state index in [0.717, 1.165) is 11.1 Å². The van der Waals surface area contributed by atoms with Gasteiger partial charge in [0, 0.05) is 36.2 Å². The van der Waals surface area contributed by atoms with Crippen molar-refractivity contribution in [3.63, 3.8) is 0 Å². The summed E-state index contributed by atoms with van der Waals surface area (Å²) in [5.74, 6) is 0. The zero-order valence-corrected chi connectivity index (χ0v) is 12.2. The zero-order chi connectivity index (χ0) is 14.4. The molecule has 0 radical (unpaired) electrons. The van der Waals surface area contributed by atoms with E-state index in [2.05, 4.69) is 4.99 Å². The van der Waals surface area contributed by atoms with Gasteiger partial charge in [0.2, 0.25) is 10.3 Å². The second-order valence-corrected chi connectivity index (χ2v) is 5.46. The van der Waals surface area contributed by atoms with Crippen LogP contribution in [-0.2, 0) is 10.3 Å². The molecule has 1 aromatic rings. The Morgan fingerprint density at radius 1 is 1.25 bits per heavy atom. The second-order valence-electron chi connectivity index (χ2n) is 4.07. The molecule has 0 N–H and O–H groups in total. The highest BCUT2D eigenvalue weighted by Gasteiger charge is 2.10. The summed E-state index contributed by atoms with van der Waals surface area (Å²) in [4.78, 5) is 4.32. The molecule has 0 spiro atoms. The fourth-order valence-corrected chi connectivity index (χ4v) is 2.55. The van der Waals surface area contributed by atoms with Crippen molar-refractivity contribution >= 4 is 39.2 Å². The van der Waals surface area contributed by atoms with Crippen molar-refractivity contribution in [2.75, 3.05) is 6.67 Å². The third kappa shape index (κ3) is 3.82. The minimum Gasteiger partial charge on any atom is -0.271 e. The van der Waals surface area contributed by atoms with Crippen molar-refractivity contribution in [1.29, 1.82) is 0 Å². The smallest absolute Gasteiger partial charge is 0.218 e. The summed E-state index contributed by atoms with van der Waals surface area (Å²) in [6, 6.07) is 7.51. The quantitative estimate of drug-likeness (QED) is 0.546. The van der Waals surface area contributed by atoms with E-state index >= 15 is 0 Å². The molecule has 4 nitrogen and oxygen atoms in total. The van der Waals surface area contributed by atoms with Crippen LogP contribution >= 0.6 is 11.8 Å². The van der Waals surface area contributed by atoms with Gasteiger partial charge >= 0.3 is 0 Å². The van der Waals surface area contributed by atoms with Crippen molar-refractivity contribution in [3.8, 4) is 0 Å². The van der Waals surface area contributed by atoms with E-state index in [9.17, 15) is 8.42 Å². The van der Waals surface area contributed by atoms with Crippen LogP contribution in [0.5, 0.6) is 0 Å². The molecule has 0 atom stereocenters. The van der Waals surface area contributed by atoms with Gasteiger partial charge in [-0.1, -0.05) is 36.4 Å². The van der Waals surface area contributed by atoms with Crippen LogP contribution in [0.15, 0.2) is 47.6 Å². The lowest BCUT2D eigenvalue weighted by atomic mass is 9.98. The lowest BCUT2D eigenvalue weighted by Gasteiger charge is -2.09. The van der Waals surface area contributed by atoms with E-state index in [1.165, 1.54) is 4.42 Å². The van der Waals surface area contributed by atoms with Crippen molar-refractivity contribution in [2.45, 2.75) is 6.42 Å². The number of aliphatic imine (C=N–C) groups is 1. The molecular formula is C14H13ClN2O2S. The molecule has 1 aliphatic heterocycles. The highest BCUT2D eigenvalue weighted by Crippen LogP contribution is 2.18. The molecule has 0 saturated carbocycles. The Morgan fingerprint density at radius 3 is 2.65 bits per heavy atom. The first kappa shape index (κ1) is 14.6. The number of fused-ring (bicyclic) bond motifs is 1. The molecule has 0 amide bonds. The average Bonchev–Trinajstić information content (AvgIpc) is 2.48. The Bertz CT molecular complexity index is 698. The normalized spacial score (nSPS) is 15.4.